The van der Waals surface area contributed by atoms with E-state index in [4.69, 9.17) is 20.2 Å². The Kier molecular flexibility index (Phi) is 7.64. The quantitative estimate of drug-likeness (QED) is 0.228. The van der Waals surface area contributed by atoms with Crippen molar-refractivity contribution in [3.63, 3.8) is 0 Å². The highest BCUT2D eigenvalue weighted by Gasteiger charge is 2.44. The molecule has 10 heteroatoms. The van der Waals surface area contributed by atoms with Gasteiger partial charge in [0.05, 0.1) is 35.7 Å². The van der Waals surface area contributed by atoms with Crippen molar-refractivity contribution >= 4 is 29.2 Å². The number of fused-ring (bicyclic) bond motifs is 1. The molecule has 1 aromatic carbocycles. The smallest absolute Gasteiger partial charge is 0.335 e. The van der Waals surface area contributed by atoms with Crippen molar-refractivity contribution in [2.75, 3.05) is 32.3 Å². The molecule has 1 aliphatic carbocycles. The molecule has 0 spiro atoms. The maximum Gasteiger partial charge on any atom is 0.335 e. The molecule has 4 aromatic rings. The van der Waals surface area contributed by atoms with E-state index in [1.54, 1.807) is 17.8 Å². The predicted octanol–water partition coefficient (Wildman–Crippen LogP) is 4.91. The lowest BCUT2D eigenvalue weighted by atomic mass is 9.77. The first kappa shape index (κ1) is 26.1. The van der Waals surface area contributed by atoms with Gasteiger partial charge in [0.15, 0.2) is 11.2 Å². The minimum Gasteiger partial charge on any atom is -0.479 e. The van der Waals surface area contributed by atoms with E-state index in [-0.39, 0.29) is 12.5 Å². The van der Waals surface area contributed by atoms with Gasteiger partial charge in [0.25, 0.3) is 0 Å². The lowest BCUT2D eigenvalue weighted by Crippen LogP contribution is -2.45. The van der Waals surface area contributed by atoms with Crippen molar-refractivity contribution in [2.24, 2.45) is 0 Å². The number of nitrogens with two attached hydrogens (primary N) is 1. The maximum atomic E-state index is 12.1. The molecule has 0 atom stereocenters. The van der Waals surface area contributed by atoms with Crippen molar-refractivity contribution < 1.29 is 19.4 Å². The zero-order valence-corrected chi connectivity index (χ0v) is 22.3. The molecule has 0 bridgehead atoms. The van der Waals surface area contributed by atoms with Crippen molar-refractivity contribution in [3.05, 3.63) is 60.6 Å². The molecular weight excluding hydrogens is 502 g/mol. The van der Waals surface area contributed by atoms with Crippen molar-refractivity contribution in [1.29, 1.82) is 0 Å². The lowest BCUT2D eigenvalue weighted by Gasteiger charge is -2.37. The van der Waals surface area contributed by atoms with E-state index in [0.717, 1.165) is 33.0 Å². The van der Waals surface area contributed by atoms with Crippen LogP contribution in [0.15, 0.2) is 59.8 Å². The van der Waals surface area contributed by atoms with Gasteiger partial charge in [-0.05, 0) is 38.0 Å². The van der Waals surface area contributed by atoms with E-state index in [0.29, 0.717) is 43.8 Å². The van der Waals surface area contributed by atoms with Crippen LogP contribution in [-0.4, -0.2) is 62.8 Å². The second-order valence-corrected chi connectivity index (χ2v) is 10.2. The van der Waals surface area contributed by atoms with E-state index >= 15 is 0 Å². The van der Waals surface area contributed by atoms with Gasteiger partial charge in [0.1, 0.15) is 5.82 Å². The fourth-order valence-electron chi connectivity index (χ4n) is 5.14. The van der Waals surface area contributed by atoms with E-state index in [9.17, 15) is 9.90 Å². The minimum absolute atomic E-state index is 0.0598. The number of nitrogens with zero attached hydrogens (tertiary/aromatic N) is 4. The summed E-state index contributed by atoms with van der Waals surface area (Å²) in [5.74, 6) is -0.335. The monoisotopic (exact) mass is 533 g/mol. The molecule has 3 N–H and O–H groups in total. The number of ether oxygens (including phenoxy) is 2. The maximum absolute atomic E-state index is 12.1. The molecule has 3 aromatic heterocycles. The topological polar surface area (TPSA) is 125 Å². The Bertz CT molecular complexity index is 1420. The number of aromatic nitrogens is 4. The van der Waals surface area contributed by atoms with Gasteiger partial charge >= 0.3 is 5.97 Å². The number of benzene rings is 1. The zero-order valence-electron chi connectivity index (χ0n) is 21.5. The van der Waals surface area contributed by atoms with Crippen molar-refractivity contribution in [3.8, 4) is 22.4 Å². The van der Waals surface area contributed by atoms with Gasteiger partial charge in [0.2, 0.25) is 0 Å². The number of aliphatic carboxylic acids is 1. The first-order valence-electron chi connectivity index (χ1n) is 12.6. The predicted molar refractivity (Wildman–Crippen MR) is 147 cm³/mol. The number of pyridine rings is 1. The van der Waals surface area contributed by atoms with Crippen LogP contribution >= 0.6 is 11.8 Å². The number of carbonyl (C=O) groups is 1. The summed E-state index contributed by atoms with van der Waals surface area (Å²) in [5, 5.41) is 14.5. The van der Waals surface area contributed by atoms with Crippen LogP contribution < -0.4 is 5.73 Å². The number of thioether (sulfide) groups is 1. The van der Waals surface area contributed by atoms with Gasteiger partial charge in [-0.1, -0.05) is 36.4 Å². The molecule has 1 fully saturated rings. The van der Waals surface area contributed by atoms with E-state index in [1.807, 2.05) is 54.9 Å². The average molecular weight is 534 g/mol. The second-order valence-electron chi connectivity index (χ2n) is 9.42. The first-order chi connectivity index (χ1) is 18.5. The second kappa shape index (κ2) is 11.1. The number of nitrogen functional groups attached to an aromatic ring is 1. The highest BCUT2D eigenvalue weighted by Crippen LogP contribution is 2.44. The molecule has 5 rings (SSSR count). The van der Waals surface area contributed by atoms with Crippen LogP contribution in [0.4, 0.5) is 5.82 Å². The summed E-state index contributed by atoms with van der Waals surface area (Å²) < 4.78 is 12.5. The SMILES string of the molecule is COCCOC1(C(=O)O)CCC(c2nc3c(-c4ccc(-c5ccccc5)nc4)cnn3c(N)c2SC)CC1. The number of carboxylic acids is 1. The molecule has 0 unspecified atom stereocenters. The fourth-order valence-corrected chi connectivity index (χ4v) is 5.86. The summed E-state index contributed by atoms with van der Waals surface area (Å²) >= 11 is 1.53. The summed E-state index contributed by atoms with van der Waals surface area (Å²) in [7, 11) is 1.57. The molecule has 0 saturated heterocycles. The fraction of sp³-hybridized carbons (Fsp3) is 0.357. The third-order valence-corrected chi connectivity index (χ3v) is 8.07. The summed E-state index contributed by atoms with van der Waals surface area (Å²) in [6, 6.07) is 14.0. The van der Waals surface area contributed by atoms with Crippen LogP contribution in [-0.2, 0) is 14.3 Å². The molecule has 198 valence electrons. The molecule has 9 nitrogen and oxygen atoms in total. The van der Waals surface area contributed by atoms with Crippen LogP contribution in [0.1, 0.15) is 37.3 Å². The van der Waals surface area contributed by atoms with Crippen LogP contribution in [0.25, 0.3) is 28.0 Å². The number of carboxylic acid groups (broad SMARTS) is 1. The van der Waals surface area contributed by atoms with Gasteiger partial charge in [0, 0.05) is 35.9 Å². The van der Waals surface area contributed by atoms with Gasteiger partial charge < -0.3 is 20.3 Å². The molecule has 1 aliphatic rings. The first-order valence-corrected chi connectivity index (χ1v) is 13.8. The number of methoxy groups -OCH3 is 1. The normalized spacial score (nSPS) is 19.6. The Morgan fingerprint density at radius 3 is 2.53 bits per heavy atom. The van der Waals surface area contributed by atoms with Crippen LogP contribution in [0.2, 0.25) is 0 Å². The number of rotatable bonds is 9. The van der Waals surface area contributed by atoms with E-state index in [1.165, 1.54) is 11.8 Å². The number of hydrogen-bond donors (Lipinski definition) is 2. The molecule has 0 amide bonds. The van der Waals surface area contributed by atoms with Gasteiger partial charge in [-0.25, -0.2) is 9.78 Å². The van der Waals surface area contributed by atoms with Crippen LogP contribution in [0.3, 0.4) is 0 Å². The molecule has 1 saturated carbocycles. The summed E-state index contributed by atoms with van der Waals surface area (Å²) in [6.07, 6.45) is 7.63. The molecule has 0 aliphatic heterocycles. The highest BCUT2D eigenvalue weighted by atomic mass is 32.2. The minimum atomic E-state index is -1.20. The Morgan fingerprint density at radius 1 is 1.13 bits per heavy atom. The Hall–Kier alpha value is -3.47. The zero-order chi connectivity index (χ0) is 26.7. The van der Waals surface area contributed by atoms with Crippen LogP contribution in [0.5, 0.6) is 0 Å². The number of anilines is 1. The highest BCUT2D eigenvalue weighted by molar-refractivity contribution is 7.98. The Labute approximate surface area is 225 Å². The summed E-state index contributed by atoms with van der Waals surface area (Å²) in [6.45, 7) is 0.603. The standard InChI is InChI=1S/C28H31N5O4S/c1-36-14-15-37-28(27(34)35)12-10-19(11-13-28)23-24(38-2)25(29)33-26(32-23)21(17-31-33)20-8-9-22(30-16-20)18-6-4-3-5-7-18/h3-9,16-17,19H,10-15,29H2,1-2H3,(H,34,35). The van der Waals surface area contributed by atoms with Gasteiger partial charge in [-0.2, -0.15) is 9.61 Å². The van der Waals surface area contributed by atoms with Crippen LogP contribution in [0, 0.1) is 0 Å². The summed E-state index contributed by atoms with van der Waals surface area (Å²) in [4.78, 5) is 22.7. The van der Waals surface area contributed by atoms with Gasteiger partial charge in [-0.15, -0.1) is 11.8 Å². The summed E-state index contributed by atoms with van der Waals surface area (Å²) in [5.41, 5.74) is 10.6. The molecule has 3 heterocycles. The van der Waals surface area contributed by atoms with E-state index < -0.39 is 11.6 Å². The largest absolute Gasteiger partial charge is 0.479 e. The Morgan fingerprint density at radius 2 is 1.89 bits per heavy atom. The van der Waals surface area contributed by atoms with E-state index in [2.05, 4.69) is 10.1 Å². The number of hydrogen-bond acceptors (Lipinski definition) is 8. The van der Waals surface area contributed by atoms with Crippen molar-refractivity contribution in [2.45, 2.75) is 42.1 Å². The molecular formula is C28H31N5O4S. The average Bonchev–Trinajstić information content (AvgIpc) is 3.38. The van der Waals surface area contributed by atoms with Gasteiger partial charge in [-0.3, -0.25) is 4.98 Å². The Balaban J connectivity index is 1.46. The van der Waals surface area contributed by atoms with Crippen molar-refractivity contribution in [1.82, 2.24) is 19.6 Å². The lowest BCUT2D eigenvalue weighted by molar-refractivity contribution is -0.173. The molecule has 0 radical (unpaired) electrons. The molecule has 38 heavy (non-hydrogen) atoms. The third kappa shape index (κ3) is 4.87. The third-order valence-electron chi connectivity index (χ3n) is 7.25.